The number of fused-ring (bicyclic) bond motifs is 2. The van der Waals surface area contributed by atoms with Crippen LogP contribution in [0.5, 0.6) is 0 Å². The normalized spacial score (nSPS) is 39.5. The number of rotatable bonds is 1. The smallest absolute Gasteiger partial charge is 0.00604 e. The Morgan fingerprint density at radius 2 is 1.61 bits per heavy atom. The standard InChI is InChI=1S/C23H28/c1-13-5-17-12-16-3-2-4-20(16)23(21(17)6-13)22-18-8-14-7-15(10-18)11-19(22)9-14/h6,12,14-15,18-19,22H,2-5,7-11H2,1H3. The molecule has 1 aromatic rings. The fraction of sp³-hybridized carbons (Fsp3) is 0.652. The molecule has 0 heteroatoms. The van der Waals surface area contributed by atoms with Gasteiger partial charge in [0.05, 0.1) is 0 Å². The van der Waals surface area contributed by atoms with Crippen molar-refractivity contribution in [1.29, 1.82) is 0 Å². The first-order valence-corrected chi connectivity index (χ1v) is 10.1. The van der Waals surface area contributed by atoms with Crippen LogP contribution in [0.2, 0.25) is 0 Å². The van der Waals surface area contributed by atoms with Crippen molar-refractivity contribution in [2.24, 2.45) is 23.7 Å². The molecule has 4 bridgehead atoms. The molecule has 6 aliphatic carbocycles. The first-order chi connectivity index (χ1) is 11.3. The average Bonchev–Trinajstić information content (AvgIpc) is 3.10. The van der Waals surface area contributed by atoms with Crippen LogP contribution in [0, 0.1) is 23.7 Å². The first kappa shape index (κ1) is 13.3. The Morgan fingerprint density at radius 1 is 0.870 bits per heavy atom. The summed E-state index contributed by atoms with van der Waals surface area (Å²) in [7, 11) is 0. The highest BCUT2D eigenvalue weighted by Crippen LogP contribution is 2.61. The highest BCUT2D eigenvalue weighted by atomic mass is 14.5. The van der Waals surface area contributed by atoms with E-state index >= 15 is 0 Å². The van der Waals surface area contributed by atoms with E-state index in [1.807, 2.05) is 11.1 Å². The molecule has 0 nitrogen and oxygen atoms in total. The van der Waals surface area contributed by atoms with E-state index in [4.69, 9.17) is 0 Å². The highest BCUT2D eigenvalue weighted by Gasteiger charge is 2.50. The lowest BCUT2D eigenvalue weighted by molar-refractivity contribution is -0.00310. The Bertz CT molecular complexity index is 692. The van der Waals surface area contributed by atoms with Crippen molar-refractivity contribution in [1.82, 2.24) is 0 Å². The molecule has 0 spiro atoms. The van der Waals surface area contributed by atoms with E-state index in [9.17, 15) is 0 Å². The predicted octanol–water partition coefficient (Wildman–Crippen LogP) is 5.67. The number of aryl methyl sites for hydroxylation is 1. The number of hydrogen-bond donors (Lipinski definition) is 0. The maximum Gasteiger partial charge on any atom is -0.00604 e. The van der Waals surface area contributed by atoms with Gasteiger partial charge in [-0.3, -0.25) is 0 Å². The van der Waals surface area contributed by atoms with E-state index in [1.165, 1.54) is 25.7 Å². The zero-order chi connectivity index (χ0) is 15.1. The van der Waals surface area contributed by atoms with Gasteiger partial charge in [-0.05, 0) is 122 Å². The minimum atomic E-state index is 0.923. The molecule has 7 rings (SSSR count). The highest BCUT2D eigenvalue weighted by molar-refractivity contribution is 5.70. The van der Waals surface area contributed by atoms with Gasteiger partial charge < -0.3 is 0 Å². The molecule has 4 saturated carbocycles. The zero-order valence-corrected chi connectivity index (χ0v) is 14.4. The molecule has 0 N–H and O–H groups in total. The van der Waals surface area contributed by atoms with Crippen LogP contribution in [0.25, 0.3) is 6.08 Å². The van der Waals surface area contributed by atoms with Crippen LogP contribution < -0.4 is 0 Å². The van der Waals surface area contributed by atoms with E-state index < -0.39 is 0 Å². The van der Waals surface area contributed by atoms with Crippen LogP contribution in [0.3, 0.4) is 0 Å². The van der Waals surface area contributed by atoms with Gasteiger partial charge in [0.2, 0.25) is 0 Å². The van der Waals surface area contributed by atoms with Crippen molar-refractivity contribution >= 4 is 6.08 Å². The fourth-order valence-electron chi connectivity index (χ4n) is 7.55. The maximum absolute atomic E-state index is 2.59. The van der Waals surface area contributed by atoms with Crippen molar-refractivity contribution in [3.05, 3.63) is 39.5 Å². The van der Waals surface area contributed by atoms with Gasteiger partial charge in [0, 0.05) is 0 Å². The molecule has 0 atom stereocenters. The summed E-state index contributed by atoms with van der Waals surface area (Å²) in [5.74, 6) is 5.16. The van der Waals surface area contributed by atoms with Gasteiger partial charge in [-0.25, -0.2) is 0 Å². The summed E-state index contributed by atoms with van der Waals surface area (Å²) in [6, 6.07) is 2.59. The topological polar surface area (TPSA) is 0 Å². The van der Waals surface area contributed by atoms with Crippen LogP contribution in [-0.4, -0.2) is 0 Å². The van der Waals surface area contributed by atoms with Gasteiger partial charge in [0.25, 0.3) is 0 Å². The lowest BCUT2D eigenvalue weighted by atomic mass is 9.50. The minimum Gasteiger partial charge on any atom is -0.0683 e. The SMILES string of the molecule is CC1=Cc2c(cc3c(c2C2C4CC5CC(C4)CC2C5)CCC3)C1. The monoisotopic (exact) mass is 304 g/mol. The molecular weight excluding hydrogens is 276 g/mol. The molecule has 0 aromatic heterocycles. The largest absolute Gasteiger partial charge is 0.0683 e. The van der Waals surface area contributed by atoms with Crippen LogP contribution in [0.1, 0.15) is 79.2 Å². The summed E-state index contributed by atoms with van der Waals surface area (Å²) in [4.78, 5) is 0. The van der Waals surface area contributed by atoms with Crippen molar-refractivity contribution in [2.45, 2.75) is 70.6 Å². The predicted molar refractivity (Wildman–Crippen MR) is 95.6 cm³/mol. The maximum atomic E-state index is 2.59. The Hall–Kier alpha value is -1.04. The summed E-state index contributed by atoms with van der Waals surface area (Å²) in [5, 5.41) is 0. The van der Waals surface area contributed by atoms with E-state index in [0.29, 0.717) is 0 Å². The Kier molecular flexibility index (Phi) is 2.61. The van der Waals surface area contributed by atoms with Gasteiger partial charge in [-0.2, -0.15) is 0 Å². The molecular formula is C23H28. The molecule has 0 amide bonds. The van der Waals surface area contributed by atoms with Crippen molar-refractivity contribution in [3.8, 4) is 0 Å². The van der Waals surface area contributed by atoms with E-state index in [-0.39, 0.29) is 0 Å². The Morgan fingerprint density at radius 3 is 2.35 bits per heavy atom. The molecule has 0 saturated heterocycles. The average molecular weight is 304 g/mol. The second-order valence-corrected chi connectivity index (χ2v) is 9.48. The molecule has 23 heavy (non-hydrogen) atoms. The van der Waals surface area contributed by atoms with Crippen LogP contribution in [0.15, 0.2) is 11.6 Å². The van der Waals surface area contributed by atoms with E-state index in [1.54, 1.807) is 54.4 Å². The van der Waals surface area contributed by atoms with E-state index in [2.05, 4.69) is 19.1 Å². The van der Waals surface area contributed by atoms with Gasteiger partial charge in [0.1, 0.15) is 0 Å². The van der Waals surface area contributed by atoms with Gasteiger partial charge in [-0.15, -0.1) is 0 Å². The summed E-state index contributed by atoms with van der Waals surface area (Å²) in [5.41, 5.74) is 10.4. The molecule has 0 unspecified atom stereocenters. The molecule has 4 fully saturated rings. The lowest BCUT2D eigenvalue weighted by Crippen LogP contribution is -2.44. The zero-order valence-electron chi connectivity index (χ0n) is 14.4. The van der Waals surface area contributed by atoms with Crippen LogP contribution in [-0.2, 0) is 19.3 Å². The van der Waals surface area contributed by atoms with Crippen LogP contribution >= 0.6 is 0 Å². The quantitative estimate of drug-likeness (QED) is 0.626. The summed E-state index contributed by atoms with van der Waals surface area (Å²) >= 11 is 0. The van der Waals surface area contributed by atoms with Gasteiger partial charge in [0.15, 0.2) is 0 Å². The Labute approximate surface area is 140 Å². The molecule has 0 radical (unpaired) electrons. The number of benzene rings is 1. The van der Waals surface area contributed by atoms with Crippen molar-refractivity contribution < 1.29 is 0 Å². The molecule has 1 aromatic carbocycles. The first-order valence-electron chi connectivity index (χ1n) is 10.1. The third-order valence-electron chi connectivity index (χ3n) is 7.99. The fourth-order valence-corrected chi connectivity index (χ4v) is 7.55. The molecule has 6 aliphatic rings. The molecule has 0 heterocycles. The number of allylic oxidation sites excluding steroid dienone is 1. The third-order valence-corrected chi connectivity index (χ3v) is 7.99. The second-order valence-electron chi connectivity index (χ2n) is 9.48. The summed E-state index contributed by atoms with van der Waals surface area (Å²) in [6.45, 7) is 2.34. The van der Waals surface area contributed by atoms with Gasteiger partial charge in [-0.1, -0.05) is 17.7 Å². The summed E-state index contributed by atoms with van der Waals surface area (Å²) in [6.07, 6.45) is 15.7. The van der Waals surface area contributed by atoms with Crippen molar-refractivity contribution in [3.63, 3.8) is 0 Å². The van der Waals surface area contributed by atoms with Crippen LogP contribution in [0.4, 0.5) is 0 Å². The van der Waals surface area contributed by atoms with E-state index in [0.717, 1.165) is 29.6 Å². The lowest BCUT2D eigenvalue weighted by Gasteiger charge is -2.55. The summed E-state index contributed by atoms with van der Waals surface area (Å²) < 4.78 is 0. The Balaban J connectivity index is 1.54. The second kappa shape index (κ2) is 4.52. The molecule has 0 aliphatic heterocycles. The molecule has 120 valence electrons. The van der Waals surface area contributed by atoms with Crippen molar-refractivity contribution in [2.75, 3.05) is 0 Å². The van der Waals surface area contributed by atoms with Gasteiger partial charge >= 0.3 is 0 Å². The third kappa shape index (κ3) is 1.79. The number of hydrogen-bond acceptors (Lipinski definition) is 0. The minimum absolute atomic E-state index is 0.923.